The predicted molar refractivity (Wildman–Crippen MR) is 138 cm³/mol. The van der Waals surface area contributed by atoms with Crippen LogP contribution in [0.1, 0.15) is 61.4 Å². The lowest BCUT2D eigenvalue weighted by Gasteiger charge is -2.39. The van der Waals surface area contributed by atoms with Crippen LogP contribution >= 0.6 is 27.5 Å². The lowest BCUT2D eigenvalue weighted by Crippen LogP contribution is -2.51. The van der Waals surface area contributed by atoms with Gasteiger partial charge in [-0.15, -0.1) is 8.78 Å². The number of fused-ring (bicyclic) bond motifs is 3. The molecule has 1 saturated heterocycles. The molecule has 3 atom stereocenters. The van der Waals surface area contributed by atoms with Crippen molar-refractivity contribution in [3.8, 4) is 5.75 Å². The van der Waals surface area contributed by atoms with Crippen molar-refractivity contribution in [1.29, 1.82) is 0 Å². The SMILES string of the molecule is CC(C)N1c2c(Br)cc(C(=O)Nc3ccc(OC(F)(F)Cl)cc3)cc2C2CCC(N3CCCC3=O)C21. The first-order valence-corrected chi connectivity index (χ1v) is 13.3. The Morgan fingerprint density at radius 1 is 1.22 bits per heavy atom. The number of carbonyl (C=O) groups is 2. The number of carbonyl (C=O) groups excluding carboxylic acids is 2. The van der Waals surface area contributed by atoms with E-state index < -0.39 is 5.57 Å². The number of benzene rings is 2. The highest BCUT2D eigenvalue weighted by atomic mass is 79.9. The van der Waals surface area contributed by atoms with Crippen LogP contribution in [0.3, 0.4) is 0 Å². The van der Waals surface area contributed by atoms with Gasteiger partial charge in [-0.2, -0.15) is 0 Å². The summed E-state index contributed by atoms with van der Waals surface area (Å²) in [5.74, 6) is 0.0585. The van der Waals surface area contributed by atoms with E-state index in [4.69, 9.17) is 11.6 Å². The number of amides is 2. The van der Waals surface area contributed by atoms with Crippen LogP contribution in [0.25, 0.3) is 0 Å². The Balaban J connectivity index is 1.40. The molecule has 2 amide bonds. The molecule has 1 N–H and O–H groups in total. The average Bonchev–Trinajstić information content (AvgIpc) is 3.48. The van der Waals surface area contributed by atoms with Gasteiger partial charge in [0.2, 0.25) is 5.91 Å². The monoisotopic (exact) mass is 581 g/mol. The van der Waals surface area contributed by atoms with Crippen molar-refractivity contribution in [2.45, 2.75) is 69.1 Å². The quantitative estimate of drug-likeness (QED) is 0.404. The molecule has 1 saturated carbocycles. The molecule has 2 fully saturated rings. The maximum atomic E-state index is 13.1. The summed E-state index contributed by atoms with van der Waals surface area (Å²) in [6.07, 6.45) is 3.45. The van der Waals surface area contributed by atoms with E-state index in [1.165, 1.54) is 24.3 Å². The largest absolute Gasteiger partial charge is 0.487 e. The zero-order valence-electron chi connectivity index (χ0n) is 19.9. The molecule has 0 radical (unpaired) electrons. The van der Waals surface area contributed by atoms with Crippen LogP contribution < -0.4 is 15.0 Å². The first-order chi connectivity index (χ1) is 17.0. The average molecular weight is 583 g/mol. The maximum Gasteiger partial charge on any atom is 0.487 e. The molecule has 10 heteroatoms. The van der Waals surface area contributed by atoms with Gasteiger partial charge in [0.05, 0.1) is 17.8 Å². The van der Waals surface area contributed by atoms with Gasteiger partial charge in [0.15, 0.2) is 0 Å². The lowest BCUT2D eigenvalue weighted by molar-refractivity contribution is -0.129. The number of rotatable bonds is 6. The first-order valence-electron chi connectivity index (χ1n) is 12.1. The van der Waals surface area contributed by atoms with E-state index in [-0.39, 0.29) is 41.6 Å². The standard InChI is InChI=1S/C26H27BrClF2N3O3/c1-14(2)33-23-19(18-9-10-21(24(18)33)32-11-3-4-22(32)34)12-15(13-20(23)27)25(35)31-16-5-7-17(8-6-16)36-26(28,29)30/h5-8,12-14,18,21,24H,3-4,9-11H2,1-2H3,(H,31,35). The third-order valence-electron chi connectivity index (χ3n) is 7.33. The number of likely N-dealkylation sites (tertiary alicyclic amines) is 1. The lowest BCUT2D eigenvalue weighted by atomic mass is 9.95. The number of nitrogens with zero attached hydrogens (tertiary/aromatic N) is 2. The summed E-state index contributed by atoms with van der Waals surface area (Å²) in [5.41, 5.74) is -0.646. The minimum Gasteiger partial charge on any atom is -0.420 e. The number of hydrogen-bond donors (Lipinski definition) is 1. The first kappa shape index (κ1) is 25.3. The molecule has 2 aliphatic heterocycles. The third-order valence-corrected chi connectivity index (χ3v) is 8.01. The Hall–Kier alpha value is -2.39. The summed E-state index contributed by atoms with van der Waals surface area (Å²) >= 11 is 8.52. The van der Waals surface area contributed by atoms with Gasteiger partial charge in [0, 0.05) is 52.2 Å². The van der Waals surface area contributed by atoms with Crippen molar-refractivity contribution >= 4 is 50.7 Å². The van der Waals surface area contributed by atoms with Gasteiger partial charge in [-0.05, 0) is 91.0 Å². The van der Waals surface area contributed by atoms with Gasteiger partial charge in [0.1, 0.15) is 5.75 Å². The van der Waals surface area contributed by atoms with Crippen molar-refractivity contribution in [1.82, 2.24) is 4.90 Å². The Labute approximate surface area is 222 Å². The highest BCUT2D eigenvalue weighted by Crippen LogP contribution is 2.54. The van der Waals surface area contributed by atoms with E-state index in [2.05, 4.69) is 49.6 Å². The minimum atomic E-state index is -3.80. The second-order valence-corrected chi connectivity index (χ2v) is 11.2. The number of ether oxygens (including phenoxy) is 1. The molecule has 1 aliphatic carbocycles. The molecule has 2 heterocycles. The van der Waals surface area contributed by atoms with Crippen LogP contribution in [0.2, 0.25) is 0 Å². The van der Waals surface area contributed by atoms with Crippen LogP contribution in [0.5, 0.6) is 5.75 Å². The van der Waals surface area contributed by atoms with E-state index in [0.29, 0.717) is 17.7 Å². The van der Waals surface area contributed by atoms with E-state index in [9.17, 15) is 18.4 Å². The summed E-state index contributed by atoms with van der Waals surface area (Å²) < 4.78 is 30.8. The van der Waals surface area contributed by atoms with E-state index in [1.54, 1.807) is 0 Å². The zero-order chi connectivity index (χ0) is 25.8. The number of alkyl halides is 3. The fraction of sp³-hybridized carbons (Fsp3) is 0.462. The molecule has 2 aromatic carbocycles. The maximum absolute atomic E-state index is 13.1. The molecule has 2 aromatic rings. The van der Waals surface area contributed by atoms with E-state index in [1.807, 2.05) is 12.1 Å². The van der Waals surface area contributed by atoms with E-state index >= 15 is 0 Å². The van der Waals surface area contributed by atoms with Gasteiger partial charge in [0.25, 0.3) is 5.91 Å². The minimum absolute atomic E-state index is 0.111. The third kappa shape index (κ3) is 4.67. The van der Waals surface area contributed by atoms with Crippen LogP contribution in [0.15, 0.2) is 40.9 Å². The molecule has 5 rings (SSSR count). The topological polar surface area (TPSA) is 61.9 Å². The molecule has 0 bridgehead atoms. The molecule has 3 unspecified atom stereocenters. The summed E-state index contributed by atoms with van der Waals surface area (Å²) in [6, 6.07) is 9.93. The highest BCUT2D eigenvalue weighted by Gasteiger charge is 2.51. The normalized spacial score (nSPS) is 23.3. The number of anilines is 2. The summed E-state index contributed by atoms with van der Waals surface area (Å²) in [5, 5.41) is 2.82. The number of nitrogens with one attached hydrogen (secondary N) is 1. The van der Waals surface area contributed by atoms with Crippen molar-refractivity contribution in [3.63, 3.8) is 0 Å². The summed E-state index contributed by atoms with van der Waals surface area (Å²) in [6.45, 7) is 5.14. The van der Waals surface area contributed by atoms with Gasteiger partial charge in [-0.25, -0.2) is 0 Å². The molecule has 0 spiro atoms. The van der Waals surface area contributed by atoms with E-state index in [0.717, 1.165) is 41.5 Å². The fourth-order valence-electron chi connectivity index (χ4n) is 6.04. The second-order valence-electron chi connectivity index (χ2n) is 9.86. The molecular formula is C26H27BrClF2N3O3. The van der Waals surface area contributed by atoms with Crippen LogP contribution in [-0.2, 0) is 4.79 Å². The Morgan fingerprint density at radius 2 is 1.94 bits per heavy atom. The molecule has 0 aromatic heterocycles. The van der Waals surface area contributed by atoms with Crippen LogP contribution in [0, 0.1) is 0 Å². The van der Waals surface area contributed by atoms with Gasteiger partial charge >= 0.3 is 5.57 Å². The number of hydrogen-bond acceptors (Lipinski definition) is 4. The second kappa shape index (κ2) is 9.49. The summed E-state index contributed by atoms with van der Waals surface area (Å²) in [4.78, 5) is 30.2. The summed E-state index contributed by atoms with van der Waals surface area (Å²) in [7, 11) is 0. The highest BCUT2D eigenvalue weighted by molar-refractivity contribution is 9.10. The fourth-order valence-corrected chi connectivity index (χ4v) is 6.81. The van der Waals surface area contributed by atoms with Gasteiger partial charge in [-0.1, -0.05) is 0 Å². The predicted octanol–water partition coefficient (Wildman–Crippen LogP) is 6.33. The smallest absolute Gasteiger partial charge is 0.420 e. The van der Waals surface area contributed by atoms with Crippen molar-refractivity contribution in [3.05, 3.63) is 52.0 Å². The number of halogens is 4. The Kier molecular flexibility index (Phi) is 6.66. The van der Waals surface area contributed by atoms with Crippen LogP contribution in [0.4, 0.5) is 20.2 Å². The Morgan fingerprint density at radius 3 is 2.56 bits per heavy atom. The molecule has 36 heavy (non-hydrogen) atoms. The van der Waals surface area contributed by atoms with Gasteiger partial charge in [-0.3, -0.25) is 9.59 Å². The van der Waals surface area contributed by atoms with Crippen molar-refractivity contribution in [2.24, 2.45) is 0 Å². The molecule has 6 nitrogen and oxygen atoms in total. The Bertz CT molecular complexity index is 1190. The zero-order valence-corrected chi connectivity index (χ0v) is 22.3. The van der Waals surface area contributed by atoms with Gasteiger partial charge < -0.3 is 19.9 Å². The van der Waals surface area contributed by atoms with Crippen molar-refractivity contribution in [2.75, 3.05) is 16.8 Å². The molecule has 3 aliphatic rings. The van der Waals surface area contributed by atoms with Crippen LogP contribution in [-0.4, -0.2) is 47.0 Å². The molecular weight excluding hydrogens is 556 g/mol. The van der Waals surface area contributed by atoms with Crippen molar-refractivity contribution < 1.29 is 23.1 Å². The molecule has 192 valence electrons.